The van der Waals surface area contributed by atoms with Crippen LogP contribution in [0.15, 0.2) is 58.3 Å². The fourth-order valence-corrected chi connectivity index (χ4v) is 3.38. The molecule has 0 unspecified atom stereocenters. The van der Waals surface area contributed by atoms with Gasteiger partial charge in [-0.05, 0) is 73.6 Å². The van der Waals surface area contributed by atoms with Crippen molar-refractivity contribution in [2.24, 2.45) is 0 Å². The van der Waals surface area contributed by atoms with Gasteiger partial charge < -0.3 is 5.32 Å². The summed E-state index contributed by atoms with van der Waals surface area (Å²) in [7, 11) is 13.7. The number of carbonyl (C=O) groups excluding carboxylic acids is 1. The van der Waals surface area contributed by atoms with E-state index in [1.807, 2.05) is 24.3 Å². The van der Waals surface area contributed by atoms with Gasteiger partial charge in [-0.1, -0.05) is 18.2 Å². The van der Waals surface area contributed by atoms with Crippen LogP contribution >= 0.6 is 43.3 Å². The first-order chi connectivity index (χ1) is 9.24. The second-order valence-electron chi connectivity index (χ2n) is 3.64. The van der Waals surface area contributed by atoms with Gasteiger partial charge in [-0.15, -0.1) is 0 Å². The SMILES string of the molecule is O=C(Nc1ccc(SCl)c(SCl)c1)c1ccccc1. The van der Waals surface area contributed by atoms with E-state index in [1.165, 1.54) is 0 Å². The first-order valence-corrected chi connectivity index (χ1v) is 8.61. The predicted molar refractivity (Wildman–Crippen MR) is 84.3 cm³/mol. The summed E-state index contributed by atoms with van der Waals surface area (Å²) in [4.78, 5) is 13.7. The smallest absolute Gasteiger partial charge is 0.255 e. The van der Waals surface area contributed by atoms with Crippen molar-refractivity contribution in [1.82, 2.24) is 0 Å². The van der Waals surface area contributed by atoms with E-state index in [9.17, 15) is 4.79 Å². The van der Waals surface area contributed by atoms with Crippen LogP contribution in [0.1, 0.15) is 10.4 Å². The van der Waals surface area contributed by atoms with Gasteiger partial charge >= 0.3 is 0 Å². The Balaban J connectivity index is 2.18. The number of carbonyl (C=O) groups is 1. The molecule has 2 nitrogen and oxygen atoms in total. The van der Waals surface area contributed by atoms with Gasteiger partial charge in [0.05, 0.1) is 0 Å². The molecule has 1 amide bonds. The summed E-state index contributed by atoms with van der Waals surface area (Å²) in [6.07, 6.45) is 0. The third-order valence-electron chi connectivity index (χ3n) is 2.40. The largest absolute Gasteiger partial charge is 0.322 e. The maximum Gasteiger partial charge on any atom is 0.255 e. The van der Waals surface area contributed by atoms with Gasteiger partial charge in [-0.25, -0.2) is 0 Å². The van der Waals surface area contributed by atoms with E-state index in [1.54, 1.807) is 24.3 Å². The Morgan fingerprint density at radius 3 is 2.26 bits per heavy atom. The van der Waals surface area contributed by atoms with Crippen LogP contribution in [0, 0.1) is 0 Å². The van der Waals surface area contributed by atoms with Crippen LogP contribution in [0.2, 0.25) is 0 Å². The van der Waals surface area contributed by atoms with Gasteiger partial charge in [0, 0.05) is 21.0 Å². The quantitative estimate of drug-likeness (QED) is 0.810. The monoisotopic (exact) mass is 329 g/mol. The molecule has 2 aromatic rings. The molecule has 0 aliphatic carbocycles. The zero-order chi connectivity index (χ0) is 13.7. The lowest BCUT2D eigenvalue weighted by molar-refractivity contribution is 0.102. The van der Waals surface area contributed by atoms with Crippen molar-refractivity contribution in [3.63, 3.8) is 0 Å². The molecular formula is C13H9Cl2NOS2. The molecule has 0 saturated heterocycles. The fourth-order valence-electron chi connectivity index (χ4n) is 1.50. The molecule has 0 radical (unpaired) electrons. The molecule has 0 saturated carbocycles. The van der Waals surface area contributed by atoms with Crippen molar-refractivity contribution in [3.05, 3.63) is 54.1 Å². The molecule has 0 spiro atoms. The number of hydrogen-bond acceptors (Lipinski definition) is 3. The molecule has 0 aliphatic heterocycles. The van der Waals surface area contributed by atoms with E-state index >= 15 is 0 Å². The third-order valence-corrected chi connectivity index (χ3v) is 4.56. The average Bonchev–Trinajstić information content (AvgIpc) is 2.48. The van der Waals surface area contributed by atoms with Gasteiger partial charge in [0.1, 0.15) is 0 Å². The summed E-state index contributed by atoms with van der Waals surface area (Å²) < 4.78 is 0. The van der Waals surface area contributed by atoms with Gasteiger partial charge in [-0.3, -0.25) is 4.79 Å². The van der Waals surface area contributed by atoms with Crippen LogP contribution in [0.5, 0.6) is 0 Å². The Morgan fingerprint density at radius 2 is 1.63 bits per heavy atom. The number of anilines is 1. The summed E-state index contributed by atoms with van der Waals surface area (Å²) in [5.41, 5.74) is 1.30. The Labute approximate surface area is 128 Å². The summed E-state index contributed by atoms with van der Waals surface area (Å²) in [6, 6.07) is 14.4. The Hall–Kier alpha value is -0.810. The minimum absolute atomic E-state index is 0.155. The van der Waals surface area contributed by atoms with E-state index in [4.69, 9.17) is 21.4 Å². The third kappa shape index (κ3) is 3.83. The van der Waals surface area contributed by atoms with Gasteiger partial charge in [0.15, 0.2) is 0 Å². The molecule has 1 N–H and O–H groups in total. The topological polar surface area (TPSA) is 29.1 Å². The highest BCUT2D eigenvalue weighted by atomic mass is 35.7. The Bertz CT molecular complexity index is 578. The van der Waals surface area contributed by atoms with E-state index in [2.05, 4.69) is 5.32 Å². The highest BCUT2D eigenvalue weighted by molar-refractivity contribution is 8.23. The van der Waals surface area contributed by atoms with Crippen molar-refractivity contribution in [2.45, 2.75) is 9.79 Å². The zero-order valence-electron chi connectivity index (χ0n) is 9.60. The molecule has 6 heteroatoms. The lowest BCUT2D eigenvalue weighted by Crippen LogP contribution is -2.11. The van der Waals surface area contributed by atoms with Crippen molar-refractivity contribution >= 4 is 54.9 Å². The number of benzene rings is 2. The minimum Gasteiger partial charge on any atom is -0.322 e. The van der Waals surface area contributed by atoms with Crippen molar-refractivity contribution in [3.8, 4) is 0 Å². The second-order valence-corrected chi connectivity index (χ2v) is 5.75. The second kappa shape index (κ2) is 7.10. The predicted octanol–water partition coefficient (Wildman–Crippen LogP) is 5.43. The molecule has 98 valence electrons. The van der Waals surface area contributed by atoms with Crippen molar-refractivity contribution in [2.75, 3.05) is 5.32 Å². The average molecular weight is 330 g/mol. The van der Waals surface area contributed by atoms with Gasteiger partial charge in [-0.2, -0.15) is 0 Å². The molecule has 0 aliphatic rings. The van der Waals surface area contributed by atoms with Crippen molar-refractivity contribution < 1.29 is 4.79 Å². The highest BCUT2D eigenvalue weighted by Crippen LogP contribution is 2.36. The van der Waals surface area contributed by atoms with Crippen LogP contribution in [0.4, 0.5) is 5.69 Å². The molecule has 0 heterocycles. The molecule has 2 rings (SSSR count). The number of nitrogens with one attached hydrogen (secondary N) is 1. The van der Waals surface area contributed by atoms with Crippen LogP contribution in [0.25, 0.3) is 0 Å². The van der Waals surface area contributed by atoms with Gasteiger partial charge in [0.2, 0.25) is 0 Å². The van der Waals surface area contributed by atoms with E-state index in [0.29, 0.717) is 11.3 Å². The first kappa shape index (κ1) is 14.6. The van der Waals surface area contributed by atoms with E-state index in [-0.39, 0.29) is 5.91 Å². The van der Waals surface area contributed by atoms with Crippen LogP contribution in [-0.2, 0) is 0 Å². The number of hydrogen-bond donors (Lipinski definition) is 1. The molecule has 0 fully saturated rings. The molecule has 0 bridgehead atoms. The van der Waals surface area contributed by atoms with Crippen LogP contribution < -0.4 is 5.32 Å². The lowest BCUT2D eigenvalue weighted by atomic mass is 10.2. The van der Waals surface area contributed by atoms with Gasteiger partial charge in [0.25, 0.3) is 5.91 Å². The molecule has 0 atom stereocenters. The van der Waals surface area contributed by atoms with Crippen LogP contribution in [-0.4, -0.2) is 5.91 Å². The number of rotatable bonds is 4. The number of halogens is 2. The first-order valence-electron chi connectivity index (χ1n) is 5.32. The summed E-state index contributed by atoms with van der Waals surface area (Å²) in [5.74, 6) is -0.155. The molecule has 2 aromatic carbocycles. The highest BCUT2D eigenvalue weighted by Gasteiger charge is 2.08. The molecule has 0 aromatic heterocycles. The Morgan fingerprint density at radius 1 is 0.947 bits per heavy atom. The molecular weight excluding hydrogens is 321 g/mol. The maximum atomic E-state index is 12.0. The standard InChI is InChI=1S/C13H9Cl2NOS2/c14-18-11-7-6-10(8-12(11)19-15)16-13(17)9-4-2-1-3-5-9/h1-8H,(H,16,17). The Kier molecular flexibility index (Phi) is 5.45. The van der Waals surface area contributed by atoms with E-state index in [0.717, 1.165) is 31.7 Å². The van der Waals surface area contributed by atoms with E-state index < -0.39 is 0 Å². The summed E-state index contributed by atoms with van der Waals surface area (Å²) in [5, 5.41) is 2.82. The summed E-state index contributed by atoms with van der Waals surface area (Å²) >= 11 is 0. The number of amides is 1. The maximum absolute atomic E-state index is 12.0. The minimum atomic E-state index is -0.155. The normalized spacial score (nSPS) is 10.2. The van der Waals surface area contributed by atoms with Crippen molar-refractivity contribution in [1.29, 1.82) is 0 Å². The molecule has 19 heavy (non-hydrogen) atoms. The zero-order valence-corrected chi connectivity index (χ0v) is 12.7. The van der Waals surface area contributed by atoms with Crippen LogP contribution in [0.3, 0.4) is 0 Å². The fraction of sp³-hybridized carbons (Fsp3) is 0. The lowest BCUT2D eigenvalue weighted by Gasteiger charge is -2.08. The summed E-state index contributed by atoms with van der Waals surface area (Å²) in [6.45, 7) is 0.